The van der Waals surface area contributed by atoms with E-state index in [9.17, 15) is 4.79 Å². The van der Waals surface area contributed by atoms with Crippen LogP contribution in [0.3, 0.4) is 0 Å². The van der Waals surface area contributed by atoms with Crippen LogP contribution in [-0.4, -0.2) is 12.5 Å². The fraction of sp³-hybridized carbons (Fsp3) is 0.138. The Balaban J connectivity index is 1.49. The van der Waals surface area contributed by atoms with Crippen molar-refractivity contribution >= 4 is 40.5 Å². The Hall–Kier alpha value is -3.67. The molecule has 7 heteroatoms. The number of hydrogen-bond acceptors (Lipinski definition) is 4. The van der Waals surface area contributed by atoms with Gasteiger partial charge in [0.05, 0.1) is 22.2 Å². The summed E-state index contributed by atoms with van der Waals surface area (Å²) in [7, 11) is 0. The number of carbonyl (C=O) groups is 1. The van der Waals surface area contributed by atoms with Gasteiger partial charge in [-0.1, -0.05) is 65.7 Å². The molecule has 0 saturated heterocycles. The molecule has 1 amide bonds. The van der Waals surface area contributed by atoms with E-state index in [-0.39, 0.29) is 5.91 Å². The minimum atomic E-state index is -0.432. The number of para-hydroxylation sites is 2. The molecule has 0 unspecified atom stereocenters. The molecule has 4 aromatic carbocycles. The van der Waals surface area contributed by atoms with E-state index in [1.165, 1.54) is 0 Å². The molecule has 1 aliphatic rings. The minimum Gasteiger partial charge on any atom is -0.490 e. The Morgan fingerprint density at radius 2 is 1.61 bits per heavy atom. The van der Waals surface area contributed by atoms with E-state index in [0.29, 0.717) is 40.3 Å². The number of nitrogens with zero attached hydrogens (tertiary/aromatic N) is 1. The molecule has 5 nitrogen and oxygen atoms in total. The zero-order chi connectivity index (χ0) is 25.1. The summed E-state index contributed by atoms with van der Waals surface area (Å²) in [5.41, 5.74) is 3.98. The van der Waals surface area contributed by atoms with Crippen LogP contribution in [0.4, 0.5) is 11.4 Å². The first kappa shape index (κ1) is 24.0. The number of benzene rings is 4. The maximum Gasteiger partial charge on any atom is 0.262 e. The highest BCUT2D eigenvalue weighted by Crippen LogP contribution is 2.39. The maximum atomic E-state index is 13.6. The van der Waals surface area contributed by atoms with Crippen molar-refractivity contribution in [3.8, 4) is 11.5 Å². The van der Waals surface area contributed by atoms with E-state index in [2.05, 4.69) is 5.32 Å². The molecule has 1 aliphatic heterocycles. The molecular formula is C29H24Cl2N2O3. The Morgan fingerprint density at radius 1 is 0.833 bits per heavy atom. The van der Waals surface area contributed by atoms with Crippen LogP contribution < -0.4 is 19.7 Å². The van der Waals surface area contributed by atoms with Gasteiger partial charge in [-0.3, -0.25) is 9.69 Å². The number of halogens is 2. The molecule has 1 atom stereocenters. The lowest BCUT2D eigenvalue weighted by atomic mass is 10.0. The summed E-state index contributed by atoms with van der Waals surface area (Å²) in [4.78, 5) is 15.4. The molecule has 0 aromatic heterocycles. The van der Waals surface area contributed by atoms with Gasteiger partial charge in [-0.2, -0.15) is 0 Å². The third-order valence-corrected chi connectivity index (χ3v) is 6.66. The van der Waals surface area contributed by atoms with Crippen LogP contribution in [0.1, 0.15) is 34.6 Å². The summed E-state index contributed by atoms with van der Waals surface area (Å²) in [5, 5.41) is 4.51. The summed E-state index contributed by atoms with van der Waals surface area (Å²) in [5.74, 6) is 1.12. The van der Waals surface area contributed by atoms with Crippen molar-refractivity contribution in [2.45, 2.75) is 19.7 Å². The van der Waals surface area contributed by atoms with E-state index < -0.39 is 6.17 Å². The van der Waals surface area contributed by atoms with Gasteiger partial charge in [0.15, 0.2) is 11.5 Å². The standard InChI is InChI=1S/C29H24Cl2N2O3/c1-2-35-27-17-20(13-15-26(27)36-18-19-12-14-23(30)24(31)16-19)28-32-25-11-7-6-10-22(25)29(34)33(28)21-8-4-3-5-9-21/h3-17,28,32H,2,18H2,1H3/t28-/m0/s1. The predicted octanol–water partition coefficient (Wildman–Crippen LogP) is 7.74. The highest BCUT2D eigenvalue weighted by Gasteiger charge is 2.34. The van der Waals surface area contributed by atoms with Gasteiger partial charge in [-0.25, -0.2) is 0 Å². The Bertz CT molecular complexity index is 1390. The number of amides is 1. The van der Waals surface area contributed by atoms with Gasteiger partial charge < -0.3 is 14.8 Å². The summed E-state index contributed by atoms with van der Waals surface area (Å²) in [6.45, 7) is 2.69. The van der Waals surface area contributed by atoms with E-state index >= 15 is 0 Å². The predicted molar refractivity (Wildman–Crippen MR) is 144 cm³/mol. The van der Waals surface area contributed by atoms with Crippen LogP contribution in [0, 0.1) is 0 Å². The number of rotatable bonds is 7. The first-order valence-corrected chi connectivity index (χ1v) is 12.4. The molecule has 182 valence electrons. The minimum absolute atomic E-state index is 0.0709. The Morgan fingerprint density at radius 3 is 2.39 bits per heavy atom. The second-order valence-electron chi connectivity index (χ2n) is 8.28. The van der Waals surface area contributed by atoms with Gasteiger partial charge in [0.1, 0.15) is 12.8 Å². The van der Waals surface area contributed by atoms with Crippen molar-refractivity contribution in [3.63, 3.8) is 0 Å². The van der Waals surface area contributed by atoms with Crippen molar-refractivity contribution in [3.05, 3.63) is 118 Å². The fourth-order valence-corrected chi connectivity index (χ4v) is 4.54. The third kappa shape index (κ3) is 4.85. The Kier molecular flexibility index (Phi) is 7.03. The smallest absolute Gasteiger partial charge is 0.262 e. The number of fused-ring (bicyclic) bond motifs is 1. The largest absolute Gasteiger partial charge is 0.490 e. The van der Waals surface area contributed by atoms with Gasteiger partial charge in [0.25, 0.3) is 5.91 Å². The average Bonchev–Trinajstić information content (AvgIpc) is 2.90. The van der Waals surface area contributed by atoms with Crippen molar-refractivity contribution in [1.82, 2.24) is 0 Å². The number of anilines is 2. The van der Waals surface area contributed by atoms with Gasteiger partial charge in [0, 0.05) is 11.4 Å². The van der Waals surface area contributed by atoms with Crippen LogP contribution in [0.25, 0.3) is 0 Å². The van der Waals surface area contributed by atoms with E-state index in [1.54, 1.807) is 17.0 Å². The zero-order valence-electron chi connectivity index (χ0n) is 19.6. The molecule has 0 aliphatic carbocycles. The molecule has 0 saturated carbocycles. The van der Waals surface area contributed by atoms with Crippen LogP contribution >= 0.6 is 23.2 Å². The normalized spacial score (nSPS) is 14.7. The van der Waals surface area contributed by atoms with Crippen molar-refractivity contribution < 1.29 is 14.3 Å². The molecule has 1 heterocycles. The number of ether oxygens (including phenoxy) is 2. The van der Waals surface area contributed by atoms with E-state index in [4.69, 9.17) is 32.7 Å². The average molecular weight is 519 g/mol. The van der Waals surface area contributed by atoms with E-state index in [0.717, 1.165) is 22.5 Å². The lowest BCUT2D eigenvalue weighted by Gasteiger charge is -2.38. The third-order valence-electron chi connectivity index (χ3n) is 5.92. The topological polar surface area (TPSA) is 50.8 Å². The molecule has 4 aromatic rings. The second kappa shape index (κ2) is 10.5. The van der Waals surface area contributed by atoms with Crippen molar-refractivity contribution in [2.75, 3.05) is 16.8 Å². The Labute approximate surface area is 220 Å². The molecule has 36 heavy (non-hydrogen) atoms. The highest BCUT2D eigenvalue weighted by molar-refractivity contribution is 6.42. The van der Waals surface area contributed by atoms with Gasteiger partial charge >= 0.3 is 0 Å². The first-order valence-electron chi connectivity index (χ1n) is 11.6. The zero-order valence-corrected chi connectivity index (χ0v) is 21.1. The quantitative estimate of drug-likeness (QED) is 0.271. The lowest BCUT2D eigenvalue weighted by molar-refractivity contribution is 0.0975. The first-order chi connectivity index (χ1) is 17.5. The maximum absolute atomic E-state index is 13.6. The lowest BCUT2D eigenvalue weighted by Crippen LogP contribution is -2.43. The molecule has 0 bridgehead atoms. The molecule has 0 spiro atoms. The van der Waals surface area contributed by atoms with Gasteiger partial charge in [-0.05, 0) is 66.6 Å². The number of nitrogens with one attached hydrogen (secondary N) is 1. The molecule has 1 N–H and O–H groups in total. The monoisotopic (exact) mass is 518 g/mol. The van der Waals surface area contributed by atoms with Crippen LogP contribution in [0.2, 0.25) is 10.0 Å². The second-order valence-corrected chi connectivity index (χ2v) is 9.09. The van der Waals surface area contributed by atoms with Crippen LogP contribution in [0.15, 0.2) is 91.0 Å². The van der Waals surface area contributed by atoms with Gasteiger partial charge in [-0.15, -0.1) is 0 Å². The highest BCUT2D eigenvalue weighted by atomic mass is 35.5. The van der Waals surface area contributed by atoms with Crippen molar-refractivity contribution in [2.24, 2.45) is 0 Å². The number of hydrogen-bond donors (Lipinski definition) is 1. The van der Waals surface area contributed by atoms with E-state index in [1.807, 2.05) is 85.8 Å². The summed E-state index contributed by atoms with van der Waals surface area (Å²) < 4.78 is 12.0. The summed E-state index contributed by atoms with van der Waals surface area (Å²) in [6, 6.07) is 28.3. The fourth-order valence-electron chi connectivity index (χ4n) is 4.21. The summed E-state index contributed by atoms with van der Waals surface area (Å²) in [6.07, 6.45) is -0.432. The molecule has 0 radical (unpaired) electrons. The molecule has 0 fully saturated rings. The van der Waals surface area contributed by atoms with Crippen molar-refractivity contribution in [1.29, 1.82) is 0 Å². The number of carbonyl (C=O) groups excluding carboxylic acids is 1. The van der Waals surface area contributed by atoms with Gasteiger partial charge in [0.2, 0.25) is 0 Å². The molecule has 5 rings (SSSR count). The molecular weight excluding hydrogens is 495 g/mol. The van der Waals surface area contributed by atoms with Crippen LogP contribution in [-0.2, 0) is 6.61 Å². The SMILES string of the molecule is CCOc1cc([C@H]2Nc3ccccc3C(=O)N2c2ccccc2)ccc1OCc1ccc(Cl)c(Cl)c1. The summed E-state index contributed by atoms with van der Waals surface area (Å²) >= 11 is 12.2. The van der Waals surface area contributed by atoms with Crippen LogP contribution in [0.5, 0.6) is 11.5 Å².